The lowest BCUT2D eigenvalue weighted by atomic mass is 10.0. The van der Waals surface area contributed by atoms with Crippen molar-refractivity contribution in [2.45, 2.75) is 39.3 Å². The summed E-state index contributed by atoms with van der Waals surface area (Å²) in [4.78, 5) is 2.42. The molecule has 0 spiro atoms. The molecule has 1 heterocycles. The van der Waals surface area contributed by atoms with Crippen molar-refractivity contribution in [3.63, 3.8) is 0 Å². The second-order valence-electron chi connectivity index (χ2n) is 5.48. The van der Waals surface area contributed by atoms with E-state index in [1.54, 1.807) is 0 Å². The minimum atomic E-state index is 0.662. The van der Waals surface area contributed by atoms with Crippen molar-refractivity contribution in [3.8, 4) is 0 Å². The van der Waals surface area contributed by atoms with E-state index in [2.05, 4.69) is 49.3 Å². The normalized spacial score (nSPS) is 21.7. The van der Waals surface area contributed by atoms with Crippen LogP contribution in [0.1, 0.15) is 29.5 Å². The van der Waals surface area contributed by atoms with Crippen LogP contribution < -0.4 is 5.32 Å². The highest BCUT2D eigenvalue weighted by atomic mass is 15.1. The average molecular weight is 232 g/mol. The summed E-state index contributed by atoms with van der Waals surface area (Å²) in [5.74, 6) is 0. The average Bonchev–Trinajstić information content (AvgIpc) is 2.25. The largest absolute Gasteiger partial charge is 0.309 e. The van der Waals surface area contributed by atoms with E-state index in [0.29, 0.717) is 6.04 Å². The van der Waals surface area contributed by atoms with E-state index in [4.69, 9.17) is 0 Å². The molecule has 2 nitrogen and oxygen atoms in total. The number of likely N-dealkylation sites (N-methyl/N-ethyl adjacent to an activating group) is 1. The zero-order chi connectivity index (χ0) is 12.3. The monoisotopic (exact) mass is 232 g/mol. The van der Waals surface area contributed by atoms with Crippen LogP contribution in [-0.4, -0.2) is 31.1 Å². The van der Waals surface area contributed by atoms with Crippen LogP contribution in [0.15, 0.2) is 18.2 Å². The molecule has 1 aliphatic heterocycles. The van der Waals surface area contributed by atoms with Crippen LogP contribution in [-0.2, 0) is 6.54 Å². The van der Waals surface area contributed by atoms with Gasteiger partial charge in [0.2, 0.25) is 0 Å². The fraction of sp³-hybridized carbons (Fsp3) is 0.600. The van der Waals surface area contributed by atoms with Crippen LogP contribution in [0.4, 0.5) is 0 Å². The Kier molecular flexibility index (Phi) is 4.19. The molecule has 1 atom stereocenters. The number of hydrogen-bond acceptors (Lipinski definition) is 2. The van der Waals surface area contributed by atoms with Gasteiger partial charge in [-0.1, -0.05) is 29.3 Å². The molecular formula is C15H24N2. The van der Waals surface area contributed by atoms with Crippen molar-refractivity contribution in [1.82, 2.24) is 10.2 Å². The third-order valence-electron chi connectivity index (χ3n) is 3.50. The van der Waals surface area contributed by atoms with Crippen LogP contribution in [0.2, 0.25) is 0 Å². The van der Waals surface area contributed by atoms with Gasteiger partial charge < -0.3 is 10.2 Å². The lowest BCUT2D eigenvalue weighted by Crippen LogP contribution is -2.43. The van der Waals surface area contributed by atoms with E-state index in [9.17, 15) is 0 Å². The molecule has 1 aromatic rings. The van der Waals surface area contributed by atoms with E-state index in [1.165, 1.54) is 42.6 Å². The second-order valence-corrected chi connectivity index (χ2v) is 5.48. The lowest BCUT2D eigenvalue weighted by Gasteiger charge is -2.30. The topological polar surface area (TPSA) is 15.3 Å². The van der Waals surface area contributed by atoms with E-state index in [0.717, 1.165) is 6.54 Å². The Balaban J connectivity index is 1.88. The molecule has 2 heteroatoms. The van der Waals surface area contributed by atoms with Gasteiger partial charge in [0, 0.05) is 19.1 Å². The van der Waals surface area contributed by atoms with Gasteiger partial charge in [0.15, 0.2) is 0 Å². The first-order valence-corrected chi connectivity index (χ1v) is 6.62. The van der Waals surface area contributed by atoms with Gasteiger partial charge in [0.05, 0.1) is 0 Å². The number of benzene rings is 1. The molecule has 0 aliphatic carbocycles. The highest BCUT2D eigenvalue weighted by Gasteiger charge is 2.16. The lowest BCUT2D eigenvalue weighted by molar-refractivity contribution is 0.226. The minimum absolute atomic E-state index is 0.662. The van der Waals surface area contributed by atoms with Gasteiger partial charge in [0.1, 0.15) is 0 Å². The number of piperidine rings is 1. The molecule has 1 N–H and O–H groups in total. The van der Waals surface area contributed by atoms with Crippen molar-refractivity contribution in [1.29, 1.82) is 0 Å². The van der Waals surface area contributed by atoms with Crippen molar-refractivity contribution in [2.24, 2.45) is 0 Å². The van der Waals surface area contributed by atoms with E-state index < -0.39 is 0 Å². The summed E-state index contributed by atoms with van der Waals surface area (Å²) in [6.45, 7) is 7.78. The Morgan fingerprint density at radius 2 is 1.94 bits per heavy atom. The summed E-state index contributed by atoms with van der Waals surface area (Å²) in [7, 11) is 2.21. The van der Waals surface area contributed by atoms with E-state index >= 15 is 0 Å². The Bertz CT molecular complexity index is 353. The Morgan fingerprint density at radius 3 is 2.59 bits per heavy atom. The molecule has 0 saturated carbocycles. The predicted octanol–water partition coefficient (Wildman–Crippen LogP) is 2.49. The number of rotatable bonds is 3. The van der Waals surface area contributed by atoms with Gasteiger partial charge in [-0.15, -0.1) is 0 Å². The first kappa shape index (κ1) is 12.6. The first-order chi connectivity index (χ1) is 8.13. The first-order valence-electron chi connectivity index (χ1n) is 6.62. The standard InChI is InChI=1S/C15H24N2/c1-12-7-13(2)9-14(8-12)10-16-15-5-4-6-17(3)11-15/h7-9,15-16H,4-6,10-11H2,1-3H3. The maximum atomic E-state index is 3.68. The highest BCUT2D eigenvalue weighted by molar-refractivity contribution is 5.28. The highest BCUT2D eigenvalue weighted by Crippen LogP contribution is 2.11. The summed E-state index contributed by atoms with van der Waals surface area (Å²) in [6, 6.07) is 7.46. The molecule has 0 amide bonds. The molecule has 17 heavy (non-hydrogen) atoms. The minimum Gasteiger partial charge on any atom is -0.309 e. The van der Waals surface area contributed by atoms with Crippen LogP contribution in [0.5, 0.6) is 0 Å². The Morgan fingerprint density at radius 1 is 1.24 bits per heavy atom. The molecule has 0 aromatic heterocycles. The Labute approximate surface area is 105 Å². The molecule has 1 fully saturated rings. The summed E-state index contributed by atoms with van der Waals surface area (Å²) in [6.07, 6.45) is 2.64. The van der Waals surface area contributed by atoms with Crippen molar-refractivity contribution >= 4 is 0 Å². The van der Waals surface area contributed by atoms with Gasteiger partial charge in [-0.3, -0.25) is 0 Å². The molecule has 1 saturated heterocycles. The number of hydrogen-bond donors (Lipinski definition) is 1. The van der Waals surface area contributed by atoms with Gasteiger partial charge in [-0.2, -0.15) is 0 Å². The van der Waals surface area contributed by atoms with Gasteiger partial charge >= 0.3 is 0 Å². The van der Waals surface area contributed by atoms with Crippen LogP contribution in [0.25, 0.3) is 0 Å². The summed E-state index contributed by atoms with van der Waals surface area (Å²) in [5, 5.41) is 3.68. The zero-order valence-electron chi connectivity index (χ0n) is 11.3. The van der Waals surface area contributed by atoms with E-state index in [-0.39, 0.29) is 0 Å². The quantitative estimate of drug-likeness (QED) is 0.861. The van der Waals surface area contributed by atoms with Gasteiger partial charge in [-0.05, 0) is 45.8 Å². The van der Waals surface area contributed by atoms with E-state index in [1.807, 2.05) is 0 Å². The molecule has 1 aromatic carbocycles. The molecule has 2 rings (SSSR count). The maximum Gasteiger partial charge on any atom is 0.0208 e. The van der Waals surface area contributed by atoms with Gasteiger partial charge in [0.25, 0.3) is 0 Å². The van der Waals surface area contributed by atoms with Crippen LogP contribution >= 0.6 is 0 Å². The molecule has 1 unspecified atom stereocenters. The SMILES string of the molecule is Cc1cc(C)cc(CNC2CCCN(C)C2)c1. The third kappa shape index (κ3) is 3.83. The van der Waals surface area contributed by atoms with Crippen LogP contribution in [0.3, 0.4) is 0 Å². The predicted molar refractivity (Wildman–Crippen MR) is 73.3 cm³/mol. The molecule has 0 bridgehead atoms. The summed E-state index contributed by atoms with van der Waals surface area (Å²) in [5.41, 5.74) is 4.14. The zero-order valence-corrected chi connectivity index (χ0v) is 11.3. The molecule has 0 radical (unpaired) electrons. The molecule has 94 valence electrons. The fourth-order valence-electron chi connectivity index (χ4n) is 2.77. The smallest absolute Gasteiger partial charge is 0.0208 e. The van der Waals surface area contributed by atoms with Crippen molar-refractivity contribution in [2.75, 3.05) is 20.1 Å². The Hall–Kier alpha value is -0.860. The summed E-state index contributed by atoms with van der Waals surface area (Å²) < 4.78 is 0. The van der Waals surface area contributed by atoms with Crippen LogP contribution in [0, 0.1) is 13.8 Å². The van der Waals surface area contributed by atoms with Crippen molar-refractivity contribution in [3.05, 3.63) is 34.9 Å². The number of nitrogens with one attached hydrogen (secondary N) is 1. The number of nitrogens with zero attached hydrogens (tertiary/aromatic N) is 1. The second kappa shape index (κ2) is 5.65. The number of aryl methyl sites for hydroxylation is 2. The molecular weight excluding hydrogens is 208 g/mol. The number of likely N-dealkylation sites (tertiary alicyclic amines) is 1. The van der Waals surface area contributed by atoms with Crippen molar-refractivity contribution < 1.29 is 0 Å². The molecule has 1 aliphatic rings. The van der Waals surface area contributed by atoms with Gasteiger partial charge in [-0.25, -0.2) is 0 Å². The maximum absolute atomic E-state index is 3.68. The third-order valence-corrected chi connectivity index (χ3v) is 3.50. The summed E-state index contributed by atoms with van der Waals surface area (Å²) >= 11 is 0. The fourth-order valence-corrected chi connectivity index (χ4v) is 2.77.